The molecule has 8 aromatic rings. The summed E-state index contributed by atoms with van der Waals surface area (Å²) >= 11 is 6.44. The maximum absolute atomic E-state index is 14.6. The van der Waals surface area contributed by atoms with Gasteiger partial charge in [0, 0.05) is 86.3 Å². The molecule has 16 heteroatoms. The summed E-state index contributed by atoms with van der Waals surface area (Å²) in [7, 11) is 0. The fourth-order valence-electron chi connectivity index (χ4n) is 9.63. The Morgan fingerprint density at radius 2 is 1.49 bits per heavy atom. The summed E-state index contributed by atoms with van der Waals surface area (Å²) in [6, 6.07) is 44.5. The monoisotopic (exact) mass is 1050 g/mol. The smallest absolute Gasteiger partial charge is 0.261 e. The SMILES string of the molecule is Cc1ccc(C(=O)N(CCCNC(=O)c2ccc(OCCCN3CCN(CCOc4ccc5ccccc5c4N=Nc4ccc(N)cc4)CC3)nc2)[C@@H](c2nc3cc(Cl)ccc3c(=O)n2Cc2ccccc2)C(C)C)cc1. The second kappa shape index (κ2) is 25.7. The molecule has 2 aromatic heterocycles. The van der Waals surface area contributed by atoms with Gasteiger partial charge >= 0.3 is 0 Å². The molecule has 2 amide bonds. The number of carbonyl (C=O) groups excluding carboxylic acids is 2. The lowest BCUT2D eigenvalue weighted by molar-refractivity contribution is 0.0601. The quantitative estimate of drug-likeness (QED) is 0.0378. The Kier molecular flexibility index (Phi) is 18.0. The predicted molar refractivity (Wildman–Crippen MR) is 305 cm³/mol. The number of anilines is 1. The molecule has 77 heavy (non-hydrogen) atoms. The number of rotatable bonds is 22. The summed E-state index contributed by atoms with van der Waals surface area (Å²) in [6.45, 7) is 13.4. The van der Waals surface area contributed by atoms with Gasteiger partial charge in [-0.2, -0.15) is 5.11 Å². The molecule has 1 atom stereocenters. The molecule has 9 rings (SSSR count). The number of nitrogens with two attached hydrogens (primary N) is 1. The maximum Gasteiger partial charge on any atom is 0.261 e. The Bertz CT molecular complexity index is 3370. The fraction of sp³-hybridized carbons (Fsp3) is 0.295. The number of halogens is 1. The minimum Gasteiger partial charge on any atom is -0.490 e. The lowest BCUT2D eigenvalue weighted by atomic mass is 9.98. The van der Waals surface area contributed by atoms with Crippen LogP contribution in [0, 0.1) is 12.8 Å². The summed E-state index contributed by atoms with van der Waals surface area (Å²) < 4.78 is 14.0. The van der Waals surface area contributed by atoms with E-state index in [0.717, 1.165) is 73.3 Å². The van der Waals surface area contributed by atoms with Crippen molar-refractivity contribution in [3.05, 3.63) is 195 Å². The molecule has 0 spiro atoms. The highest BCUT2D eigenvalue weighted by atomic mass is 35.5. The maximum atomic E-state index is 14.6. The van der Waals surface area contributed by atoms with E-state index >= 15 is 0 Å². The Morgan fingerprint density at radius 3 is 2.23 bits per heavy atom. The minimum atomic E-state index is -0.609. The first kappa shape index (κ1) is 53.8. The second-order valence-electron chi connectivity index (χ2n) is 19.7. The molecule has 3 N–H and O–H groups in total. The van der Waals surface area contributed by atoms with Gasteiger partial charge in [0.1, 0.15) is 23.9 Å². The number of hydrogen-bond acceptors (Lipinski definition) is 12. The van der Waals surface area contributed by atoms with Crippen molar-refractivity contribution < 1.29 is 19.1 Å². The van der Waals surface area contributed by atoms with E-state index in [9.17, 15) is 14.4 Å². The van der Waals surface area contributed by atoms with Crippen molar-refractivity contribution >= 4 is 62.2 Å². The molecule has 1 fully saturated rings. The van der Waals surface area contributed by atoms with Crippen LogP contribution in [0.1, 0.15) is 70.4 Å². The van der Waals surface area contributed by atoms with E-state index in [-0.39, 0.29) is 42.9 Å². The van der Waals surface area contributed by atoms with Crippen LogP contribution in [0.3, 0.4) is 0 Å². The lowest BCUT2D eigenvalue weighted by Gasteiger charge is -2.35. The van der Waals surface area contributed by atoms with Crippen molar-refractivity contribution in [2.45, 2.75) is 46.2 Å². The number of aromatic nitrogens is 3. The fourth-order valence-corrected chi connectivity index (χ4v) is 9.79. The number of benzene rings is 6. The van der Waals surface area contributed by atoms with Crippen molar-refractivity contribution in [1.82, 2.24) is 34.6 Å². The molecule has 0 bridgehead atoms. The molecular formula is C61H65ClN10O5. The number of fused-ring (bicyclic) bond motifs is 2. The molecule has 1 aliphatic rings. The van der Waals surface area contributed by atoms with Crippen LogP contribution in [0.4, 0.5) is 17.1 Å². The molecule has 1 aliphatic heterocycles. The molecule has 396 valence electrons. The Hall–Kier alpha value is -7.98. The first-order valence-corrected chi connectivity index (χ1v) is 26.7. The molecule has 0 aliphatic carbocycles. The Balaban J connectivity index is 0.746. The van der Waals surface area contributed by atoms with Gasteiger partial charge < -0.3 is 30.3 Å². The highest BCUT2D eigenvalue weighted by molar-refractivity contribution is 6.31. The molecular weight excluding hydrogens is 988 g/mol. The normalized spacial score (nSPS) is 13.6. The van der Waals surface area contributed by atoms with Crippen LogP contribution in [-0.4, -0.2) is 107 Å². The van der Waals surface area contributed by atoms with Gasteiger partial charge in [0.15, 0.2) is 0 Å². The van der Waals surface area contributed by atoms with Crippen LogP contribution in [0.5, 0.6) is 11.6 Å². The largest absolute Gasteiger partial charge is 0.490 e. The zero-order chi connectivity index (χ0) is 53.7. The van der Waals surface area contributed by atoms with E-state index < -0.39 is 6.04 Å². The molecule has 3 heterocycles. The van der Waals surface area contributed by atoms with Crippen molar-refractivity contribution in [3.8, 4) is 11.6 Å². The van der Waals surface area contributed by atoms with E-state index in [4.69, 9.17) is 31.8 Å². The Morgan fingerprint density at radius 1 is 0.766 bits per heavy atom. The van der Waals surface area contributed by atoms with Crippen LogP contribution in [0.2, 0.25) is 5.02 Å². The van der Waals surface area contributed by atoms with E-state index in [1.165, 1.54) is 6.20 Å². The van der Waals surface area contributed by atoms with Gasteiger partial charge in [0.25, 0.3) is 17.4 Å². The highest BCUT2D eigenvalue weighted by Crippen LogP contribution is 2.37. The number of aryl methyl sites for hydroxylation is 1. The number of ether oxygens (including phenoxy) is 2. The minimum absolute atomic E-state index is 0.158. The van der Waals surface area contributed by atoms with Crippen LogP contribution < -0.4 is 26.1 Å². The van der Waals surface area contributed by atoms with Crippen LogP contribution in [0.15, 0.2) is 167 Å². The summed E-state index contributed by atoms with van der Waals surface area (Å²) in [6.07, 6.45) is 2.78. The van der Waals surface area contributed by atoms with Gasteiger partial charge in [-0.05, 0) is 103 Å². The van der Waals surface area contributed by atoms with Crippen molar-refractivity contribution in [2.75, 3.05) is 71.3 Å². The number of carbonyl (C=O) groups is 2. The van der Waals surface area contributed by atoms with E-state index in [1.807, 2.05) is 124 Å². The molecule has 0 saturated carbocycles. The summed E-state index contributed by atoms with van der Waals surface area (Å²) in [4.78, 5) is 58.6. The van der Waals surface area contributed by atoms with E-state index in [2.05, 4.69) is 42.5 Å². The first-order chi connectivity index (χ1) is 37.5. The van der Waals surface area contributed by atoms with Crippen LogP contribution >= 0.6 is 11.6 Å². The van der Waals surface area contributed by atoms with Gasteiger partial charge in [0.05, 0.1) is 41.3 Å². The number of nitrogens with one attached hydrogen (secondary N) is 1. The van der Waals surface area contributed by atoms with E-state index in [1.54, 1.807) is 39.8 Å². The average Bonchev–Trinajstić information content (AvgIpc) is 3.46. The number of nitrogens with zero attached hydrogens (tertiary/aromatic N) is 8. The molecule has 1 saturated heterocycles. The zero-order valence-corrected chi connectivity index (χ0v) is 44.6. The zero-order valence-electron chi connectivity index (χ0n) is 43.9. The topological polar surface area (TPSA) is 173 Å². The molecule has 6 aromatic carbocycles. The van der Waals surface area contributed by atoms with Gasteiger partial charge in [-0.1, -0.05) is 104 Å². The van der Waals surface area contributed by atoms with Gasteiger partial charge in [-0.15, -0.1) is 5.11 Å². The third kappa shape index (κ3) is 13.9. The molecule has 0 radical (unpaired) electrons. The van der Waals surface area contributed by atoms with Crippen molar-refractivity contribution in [3.63, 3.8) is 0 Å². The Labute approximate surface area is 454 Å². The summed E-state index contributed by atoms with van der Waals surface area (Å²) in [5, 5.41) is 15.1. The number of amides is 2. The number of azo groups is 1. The molecule has 15 nitrogen and oxygen atoms in total. The predicted octanol–water partition coefficient (Wildman–Crippen LogP) is 11.1. The average molecular weight is 1050 g/mol. The third-order valence-corrected chi connectivity index (χ3v) is 14.0. The number of pyridine rings is 1. The van der Waals surface area contributed by atoms with Crippen molar-refractivity contribution in [1.29, 1.82) is 0 Å². The van der Waals surface area contributed by atoms with Gasteiger partial charge in [-0.3, -0.25) is 23.9 Å². The number of nitrogen functional groups attached to an aromatic ring is 1. The lowest BCUT2D eigenvalue weighted by Crippen LogP contribution is -2.47. The van der Waals surface area contributed by atoms with Crippen LogP contribution in [-0.2, 0) is 6.54 Å². The third-order valence-electron chi connectivity index (χ3n) is 13.8. The van der Waals surface area contributed by atoms with Crippen molar-refractivity contribution in [2.24, 2.45) is 16.1 Å². The first-order valence-electron chi connectivity index (χ1n) is 26.3. The second-order valence-corrected chi connectivity index (χ2v) is 20.2. The van der Waals surface area contributed by atoms with Crippen LogP contribution in [0.25, 0.3) is 21.7 Å². The summed E-state index contributed by atoms with van der Waals surface area (Å²) in [5.74, 6) is 0.966. The van der Waals surface area contributed by atoms with Gasteiger partial charge in [0.2, 0.25) is 5.88 Å². The standard InChI is InChI=1S/C61H65ClN10O5/c1-42(2)57(58-66-53-39-48(62)21-26-52(53)61(75)72(58)41-44-11-5-4-6-12-44)71(60(74)46-17-15-43(3)16-18-46)31-9-29-64-59(73)47-20-28-55(65-40-47)77-37-10-30-69-32-34-70(35-33-69)36-38-76-54-27-19-45-13-7-8-14-51(45)56(54)68-67-50-24-22-49(63)23-25-50/h4-8,11-28,39-40,42,57H,9-10,29-38,41,63H2,1-3H3,(H,64,73)/t57-/m1/s1. The van der Waals surface area contributed by atoms with E-state index in [0.29, 0.717) is 75.5 Å². The number of hydrogen-bond donors (Lipinski definition) is 2. The summed E-state index contributed by atoms with van der Waals surface area (Å²) in [5.41, 5.74) is 11.1. The van der Waals surface area contributed by atoms with Gasteiger partial charge in [-0.25, -0.2) is 9.97 Å². The number of piperazine rings is 1. The molecule has 0 unspecified atom stereocenters. The highest BCUT2D eigenvalue weighted by Gasteiger charge is 2.33.